The zero-order chi connectivity index (χ0) is 18.2. The maximum atomic E-state index is 12.8. The Bertz CT molecular complexity index is 762. The van der Waals surface area contributed by atoms with Crippen LogP contribution in [0.1, 0.15) is 18.9 Å². The highest BCUT2D eigenvalue weighted by molar-refractivity contribution is 9.10. The molecule has 1 unspecified atom stereocenters. The highest BCUT2D eigenvalue weighted by atomic mass is 79.9. The number of nitriles is 1. The van der Waals surface area contributed by atoms with Crippen molar-refractivity contribution < 1.29 is 9.53 Å². The van der Waals surface area contributed by atoms with Gasteiger partial charge < -0.3 is 9.64 Å². The van der Waals surface area contributed by atoms with Crippen LogP contribution in [0.4, 0.5) is 0 Å². The highest BCUT2D eigenvalue weighted by Crippen LogP contribution is 2.29. The third-order valence-corrected chi connectivity index (χ3v) is 4.42. The third kappa shape index (κ3) is 5.77. The summed E-state index contributed by atoms with van der Waals surface area (Å²) in [7, 11) is 0. The first-order valence-electron chi connectivity index (χ1n) is 7.82. The van der Waals surface area contributed by atoms with E-state index in [0.29, 0.717) is 28.3 Å². The average molecular weight is 422 g/mol. The van der Waals surface area contributed by atoms with E-state index in [-0.39, 0.29) is 12.3 Å². The summed E-state index contributed by atoms with van der Waals surface area (Å²) in [5, 5.41) is 9.44. The highest BCUT2D eigenvalue weighted by Gasteiger charge is 2.23. The van der Waals surface area contributed by atoms with Crippen molar-refractivity contribution >= 4 is 33.4 Å². The fourth-order valence-corrected chi connectivity index (χ4v) is 3.10. The van der Waals surface area contributed by atoms with Crippen molar-refractivity contribution in [2.75, 3.05) is 6.54 Å². The maximum absolute atomic E-state index is 12.8. The van der Waals surface area contributed by atoms with Crippen molar-refractivity contribution in [1.82, 2.24) is 4.90 Å². The molecule has 1 atom stereocenters. The summed E-state index contributed by atoms with van der Waals surface area (Å²) >= 11 is 9.30. The minimum Gasteiger partial charge on any atom is -0.480 e. The number of carbonyl (C=O) groups is 1. The Hall–Kier alpha value is -2.03. The standard InChI is InChI=1S/C19H18BrClN2O2/c1-14(25-18-9-8-16(21)12-17(18)20)19(24)23(11-5-10-22)13-15-6-3-2-4-7-15/h2-4,6-9,12,14H,5,11,13H2,1H3. The quantitative estimate of drug-likeness (QED) is 0.644. The van der Waals surface area contributed by atoms with Crippen LogP contribution in [0.15, 0.2) is 53.0 Å². The van der Waals surface area contributed by atoms with E-state index < -0.39 is 6.10 Å². The second-order valence-corrected chi connectivity index (χ2v) is 6.78. The SMILES string of the molecule is CC(Oc1ccc(Cl)cc1Br)C(=O)N(CCC#N)Cc1ccccc1. The molecule has 0 radical (unpaired) electrons. The first kappa shape index (κ1) is 19.3. The molecular formula is C19H18BrClN2O2. The molecule has 2 aromatic rings. The van der Waals surface area contributed by atoms with Gasteiger partial charge in [-0.25, -0.2) is 0 Å². The van der Waals surface area contributed by atoms with E-state index in [0.717, 1.165) is 5.56 Å². The monoisotopic (exact) mass is 420 g/mol. The lowest BCUT2D eigenvalue weighted by molar-refractivity contribution is -0.138. The van der Waals surface area contributed by atoms with Crippen molar-refractivity contribution in [2.24, 2.45) is 0 Å². The number of rotatable bonds is 7. The topological polar surface area (TPSA) is 53.3 Å². The number of hydrogen-bond acceptors (Lipinski definition) is 3. The second kappa shape index (κ2) is 9.45. The van der Waals surface area contributed by atoms with Gasteiger partial charge in [-0.3, -0.25) is 4.79 Å². The van der Waals surface area contributed by atoms with Crippen LogP contribution in [-0.4, -0.2) is 23.5 Å². The Morgan fingerprint density at radius 3 is 2.68 bits per heavy atom. The molecule has 0 heterocycles. The molecule has 0 aliphatic rings. The molecule has 6 heteroatoms. The number of ether oxygens (including phenoxy) is 1. The average Bonchev–Trinajstić information content (AvgIpc) is 2.61. The fraction of sp³-hybridized carbons (Fsp3) is 0.263. The van der Waals surface area contributed by atoms with Gasteiger partial charge in [0.2, 0.25) is 0 Å². The molecule has 0 saturated carbocycles. The molecule has 4 nitrogen and oxygen atoms in total. The number of hydrogen-bond donors (Lipinski definition) is 0. The minimum absolute atomic E-state index is 0.166. The normalized spacial score (nSPS) is 11.4. The third-order valence-electron chi connectivity index (χ3n) is 3.57. The molecule has 0 aliphatic heterocycles. The molecule has 1 amide bonds. The first-order valence-corrected chi connectivity index (χ1v) is 8.99. The number of carbonyl (C=O) groups excluding carboxylic acids is 1. The van der Waals surface area contributed by atoms with Crippen LogP contribution >= 0.6 is 27.5 Å². The Balaban J connectivity index is 2.10. The zero-order valence-corrected chi connectivity index (χ0v) is 16.1. The van der Waals surface area contributed by atoms with Crippen LogP contribution < -0.4 is 4.74 Å². The van der Waals surface area contributed by atoms with E-state index in [9.17, 15) is 4.79 Å². The summed E-state index contributed by atoms with van der Waals surface area (Å²) in [5.41, 5.74) is 1.01. The molecule has 25 heavy (non-hydrogen) atoms. The van der Waals surface area contributed by atoms with Gasteiger partial charge in [0.25, 0.3) is 5.91 Å². The Morgan fingerprint density at radius 2 is 2.04 bits per heavy atom. The molecule has 2 aromatic carbocycles. The van der Waals surface area contributed by atoms with Crippen molar-refractivity contribution in [3.8, 4) is 11.8 Å². The number of halogens is 2. The molecule has 2 rings (SSSR count). The van der Waals surface area contributed by atoms with Crippen LogP contribution in [0.5, 0.6) is 5.75 Å². The Kier molecular flexibility index (Phi) is 7.30. The van der Waals surface area contributed by atoms with Gasteiger partial charge in [0, 0.05) is 18.1 Å². The van der Waals surface area contributed by atoms with Gasteiger partial charge in [0.05, 0.1) is 17.0 Å². The van der Waals surface area contributed by atoms with Crippen LogP contribution in [0.25, 0.3) is 0 Å². The van der Waals surface area contributed by atoms with Gasteiger partial charge in [-0.15, -0.1) is 0 Å². The second-order valence-electron chi connectivity index (χ2n) is 5.49. The van der Waals surface area contributed by atoms with Gasteiger partial charge in [-0.1, -0.05) is 41.9 Å². The molecular weight excluding hydrogens is 404 g/mol. The minimum atomic E-state index is -0.681. The predicted molar refractivity (Wildman–Crippen MR) is 101 cm³/mol. The Morgan fingerprint density at radius 1 is 1.32 bits per heavy atom. The first-order chi connectivity index (χ1) is 12.0. The summed E-state index contributed by atoms with van der Waals surface area (Å²) in [6, 6.07) is 16.9. The lowest BCUT2D eigenvalue weighted by Gasteiger charge is -2.26. The van der Waals surface area contributed by atoms with Gasteiger partial charge in [0.1, 0.15) is 5.75 Å². The van der Waals surface area contributed by atoms with Crippen LogP contribution in [0, 0.1) is 11.3 Å². The summed E-state index contributed by atoms with van der Waals surface area (Å²) < 4.78 is 6.47. The Labute approximate surface area is 161 Å². The lowest BCUT2D eigenvalue weighted by atomic mass is 10.2. The molecule has 0 aliphatic carbocycles. The van der Waals surface area contributed by atoms with Crippen molar-refractivity contribution in [3.05, 3.63) is 63.6 Å². The molecule has 0 spiro atoms. The molecule has 0 fully saturated rings. The van der Waals surface area contributed by atoms with Gasteiger partial charge in [0.15, 0.2) is 6.10 Å². The van der Waals surface area contributed by atoms with Crippen LogP contribution in [-0.2, 0) is 11.3 Å². The predicted octanol–water partition coefficient (Wildman–Crippen LogP) is 4.81. The number of amides is 1. The van der Waals surface area contributed by atoms with Crippen molar-refractivity contribution in [1.29, 1.82) is 5.26 Å². The van der Waals surface area contributed by atoms with E-state index in [1.54, 1.807) is 30.0 Å². The summed E-state index contributed by atoms with van der Waals surface area (Å²) in [6.07, 6.45) is -0.407. The van der Waals surface area contributed by atoms with Crippen molar-refractivity contribution in [3.63, 3.8) is 0 Å². The van der Waals surface area contributed by atoms with E-state index in [1.807, 2.05) is 30.3 Å². The zero-order valence-electron chi connectivity index (χ0n) is 13.8. The summed E-state index contributed by atoms with van der Waals surface area (Å²) in [6.45, 7) is 2.50. The number of nitrogens with zero attached hydrogens (tertiary/aromatic N) is 2. The smallest absolute Gasteiger partial charge is 0.263 e. The lowest BCUT2D eigenvalue weighted by Crippen LogP contribution is -2.40. The van der Waals surface area contributed by atoms with E-state index >= 15 is 0 Å². The van der Waals surface area contributed by atoms with Crippen molar-refractivity contribution in [2.45, 2.75) is 26.0 Å². The largest absolute Gasteiger partial charge is 0.480 e. The maximum Gasteiger partial charge on any atom is 0.263 e. The molecule has 0 aromatic heterocycles. The number of benzene rings is 2. The van der Waals surface area contributed by atoms with E-state index in [2.05, 4.69) is 22.0 Å². The summed E-state index contributed by atoms with van der Waals surface area (Å²) in [4.78, 5) is 14.4. The fourth-order valence-electron chi connectivity index (χ4n) is 2.32. The summed E-state index contributed by atoms with van der Waals surface area (Å²) in [5.74, 6) is 0.381. The molecule has 0 N–H and O–H groups in total. The molecule has 0 saturated heterocycles. The van der Waals surface area contributed by atoms with E-state index in [4.69, 9.17) is 21.6 Å². The van der Waals surface area contributed by atoms with Crippen LogP contribution in [0.3, 0.4) is 0 Å². The van der Waals surface area contributed by atoms with Crippen LogP contribution in [0.2, 0.25) is 5.02 Å². The van der Waals surface area contributed by atoms with Gasteiger partial charge in [-0.05, 0) is 46.6 Å². The van der Waals surface area contributed by atoms with Gasteiger partial charge in [-0.2, -0.15) is 5.26 Å². The molecule has 0 bridgehead atoms. The van der Waals surface area contributed by atoms with Gasteiger partial charge >= 0.3 is 0 Å². The molecule has 130 valence electrons. The van der Waals surface area contributed by atoms with E-state index in [1.165, 1.54) is 0 Å².